The van der Waals surface area contributed by atoms with Crippen molar-refractivity contribution >= 4 is 21.5 Å². The predicted molar refractivity (Wildman–Crippen MR) is 74.1 cm³/mol. The Bertz CT molecular complexity index is 629. The number of hydrogen-bond donors (Lipinski definition) is 1. The average molecular weight is 221 g/mol. The SMILES string of the molecule is C[C@@H](N)c1c2ccccc2cc2ccccc12. The molecule has 0 aliphatic rings. The van der Waals surface area contributed by atoms with E-state index in [0.717, 1.165) is 0 Å². The monoisotopic (exact) mass is 221 g/mol. The maximum atomic E-state index is 6.15. The van der Waals surface area contributed by atoms with Gasteiger partial charge in [-0.2, -0.15) is 0 Å². The fraction of sp³-hybridized carbons (Fsp3) is 0.125. The summed E-state index contributed by atoms with van der Waals surface area (Å²) in [6, 6.07) is 19.2. The second kappa shape index (κ2) is 3.86. The van der Waals surface area contributed by atoms with Gasteiger partial charge in [0.2, 0.25) is 0 Å². The second-order valence-corrected chi connectivity index (χ2v) is 4.52. The molecule has 0 unspecified atom stereocenters. The van der Waals surface area contributed by atoms with Crippen LogP contribution in [0.3, 0.4) is 0 Å². The van der Waals surface area contributed by atoms with Gasteiger partial charge in [0.15, 0.2) is 0 Å². The molecule has 0 saturated heterocycles. The second-order valence-electron chi connectivity index (χ2n) is 4.52. The number of fused-ring (bicyclic) bond motifs is 2. The van der Waals surface area contributed by atoms with Crippen LogP contribution in [0, 0.1) is 0 Å². The Morgan fingerprint density at radius 2 is 1.29 bits per heavy atom. The summed E-state index contributed by atoms with van der Waals surface area (Å²) in [6.07, 6.45) is 0. The van der Waals surface area contributed by atoms with Crippen LogP contribution in [0.25, 0.3) is 21.5 Å². The van der Waals surface area contributed by atoms with E-state index in [1.807, 2.05) is 6.92 Å². The molecular formula is C16H15N. The molecule has 0 amide bonds. The number of rotatable bonds is 1. The van der Waals surface area contributed by atoms with Gasteiger partial charge in [0.1, 0.15) is 0 Å². The molecule has 0 radical (unpaired) electrons. The first kappa shape index (κ1) is 10.3. The highest BCUT2D eigenvalue weighted by molar-refractivity contribution is 6.02. The van der Waals surface area contributed by atoms with E-state index in [4.69, 9.17) is 5.73 Å². The molecule has 1 heteroatoms. The van der Waals surface area contributed by atoms with Gasteiger partial charge in [-0.15, -0.1) is 0 Å². The Morgan fingerprint density at radius 1 is 0.824 bits per heavy atom. The zero-order valence-corrected chi connectivity index (χ0v) is 9.85. The molecule has 0 aromatic heterocycles. The molecule has 17 heavy (non-hydrogen) atoms. The third-order valence-electron chi connectivity index (χ3n) is 3.27. The summed E-state index contributed by atoms with van der Waals surface area (Å²) >= 11 is 0. The molecule has 1 nitrogen and oxygen atoms in total. The third kappa shape index (κ3) is 1.60. The number of benzene rings is 3. The van der Waals surface area contributed by atoms with Gasteiger partial charge in [-0.05, 0) is 40.1 Å². The molecule has 0 spiro atoms. The minimum atomic E-state index is 0.0472. The Kier molecular flexibility index (Phi) is 2.34. The van der Waals surface area contributed by atoms with Crippen molar-refractivity contribution in [2.24, 2.45) is 5.73 Å². The molecule has 0 aliphatic carbocycles. The van der Waals surface area contributed by atoms with Gasteiger partial charge in [0.25, 0.3) is 0 Å². The van der Waals surface area contributed by atoms with E-state index in [1.165, 1.54) is 27.1 Å². The van der Waals surface area contributed by atoms with Crippen molar-refractivity contribution in [1.82, 2.24) is 0 Å². The van der Waals surface area contributed by atoms with Gasteiger partial charge in [0.05, 0.1) is 0 Å². The van der Waals surface area contributed by atoms with Crippen molar-refractivity contribution < 1.29 is 0 Å². The summed E-state index contributed by atoms with van der Waals surface area (Å²) in [4.78, 5) is 0. The molecular weight excluding hydrogens is 206 g/mol. The van der Waals surface area contributed by atoms with Crippen LogP contribution in [0.1, 0.15) is 18.5 Å². The maximum Gasteiger partial charge on any atom is 0.0278 e. The largest absolute Gasteiger partial charge is 0.324 e. The van der Waals surface area contributed by atoms with Gasteiger partial charge in [-0.3, -0.25) is 0 Å². The van der Waals surface area contributed by atoms with Gasteiger partial charge < -0.3 is 5.73 Å². The predicted octanol–water partition coefficient (Wildman–Crippen LogP) is 4.01. The van der Waals surface area contributed by atoms with Crippen LogP contribution in [0.15, 0.2) is 54.6 Å². The molecule has 84 valence electrons. The van der Waals surface area contributed by atoms with Crippen LogP contribution >= 0.6 is 0 Å². The lowest BCUT2D eigenvalue weighted by Crippen LogP contribution is -2.06. The summed E-state index contributed by atoms with van der Waals surface area (Å²) in [6.45, 7) is 2.05. The normalized spacial score (nSPS) is 13.1. The smallest absolute Gasteiger partial charge is 0.0278 e. The zero-order chi connectivity index (χ0) is 11.8. The molecule has 0 heterocycles. The van der Waals surface area contributed by atoms with Gasteiger partial charge in [0, 0.05) is 6.04 Å². The summed E-state index contributed by atoms with van der Waals surface area (Å²) in [5.74, 6) is 0. The van der Waals surface area contributed by atoms with Gasteiger partial charge in [-0.25, -0.2) is 0 Å². The summed E-state index contributed by atoms with van der Waals surface area (Å²) in [5, 5.41) is 5.06. The standard InChI is InChI=1S/C16H15N/c1-11(17)16-14-8-4-2-6-12(14)10-13-7-3-5-9-15(13)16/h2-11H,17H2,1H3/t11-/m1/s1. The Morgan fingerprint density at radius 3 is 1.76 bits per heavy atom. The highest BCUT2D eigenvalue weighted by atomic mass is 14.6. The lowest BCUT2D eigenvalue weighted by molar-refractivity contribution is 0.834. The first-order valence-electron chi connectivity index (χ1n) is 5.93. The van der Waals surface area contributed by atoms with E-state index in [9.17, 15) is 0 Å². The van der Waals surface area contributed by atoms with Crippen LogP contribution in [0.5, 0.6) is 0 Å². The lowest BCUT2D eigenvalue weighted by Gasteiger charge is -2.14. The summed E-state index contributed by atoms with van der Waals surface area (Å²) in [7, 11) is 0. The van der Waals surface area contributed by atoms with Gasteiger partial charge in [-0.1, -0.05) is 48.5 Å². The van der Waals surface area contributed by atoms with E-state index in [-0.39, 0.29) is 6.04 Å². The molecule has 3 rings (SSSR count). The minimum absolute atomic E-state index is 0.0472. The molecule has 0 aliphatic heterocycles. The fourth-order valence-electron chi connectivity index (χ4n) is 2.54. The van der Waals surface area contributed by atoms with E-state index in [2.05, 4.69) is 54.6 Å². The maximum absolute atomic E-state index is 6.15. The average Bonchev–Trinajstić information content (AvgIpc) is 2.35. The number of nitrogens with two attached hydrogens (primary N) is 1. The Balaban J connectivity index is 2.56. The van der Waals surface area contributed by atoms with E-state index in [1.54, 1.807) is 0 Å². The van der Waals surface area contributed by atoms with Crippen molar-refractivity contribution in [3.63, 3.8) is 0 Å². The van der Waals surface area contributed by atoms with Gasteiger partial charge >= 0.3 is 0 Å². The molecule has 1 atom stereocenters. The Labute approximate surface area is 101 Å². The highest BCUT2D eigenvalue weighted by Gasteiger charge is 2.09. The van der Waals surface area contributed by atoms with Crippen molar-refractivity contribution in [1.29, 1.82) is 0 Å². The van der Waals surface area contributed by atoms with Crippen LogP contribution in [0.4, 0.5) is 0 Å². The van der Waals surface area contributed by atoms with E-state index in [0.29, 0.717) is 0 Å². The lowest BCUT2D eigenvalue weighted by atomic mass is 9.93. The summed E-state index contributed by atoms with van der Waals surface area (Å²) < 4.78 is 0. The highest BCUT2D eigenvalue weighted by Crippen LogP contribution is 2.31. The van der Waals surface area contributed by atoms with Crippen molar-refractivity contribution in [2.45, 2.75) is 13.0 Å². The van der Waals surface area contributed by atoms with E-state index >= 15 is 0 Å². The molecule has 3 aromatic rings. The van der Waals surface area contributed by atoms with Crippen molar-refractivity contribution in [2.75, 3.05) is 0 Å². The molecule has 0 saturated carbocycles. The summed E-state index contributed by atoms with van der Waals surface area (Å²) in [5.41, 5.74) is 7.39. The van der Waals surface area contributed by atoms with Crippen LogP contribution in [-0.4, -0.2) is 0 Å². The molecule has 0 fully saturated rings. The minimum Gasteiger partial charge on any atom is -0.324 e. The third-order valence-corrected chi connectivity index (χ3v) is 3.27. The fourth-order valence-corrected chi connectivity index (χ4v) is 2.54. The van der Waals surface area contributed by atoms with Crippen LogP contribution in [0.2, 0.25) is 0 Å². The molecule has 3 aromatic carbocycles. The zero-order valence-electron chi connectivity index (χ0n) is 9.85. The molecule has 0 bridgehead atoms. The van der Waals surface area contributed by atoms with Crippen molar-refractivity contribution in [3.05, 3.63) is 60.2 Å². The Hall–Kier alpha value is -1.86. The first-order valence-corrected chi connectivity index (χ1v) is 5.93. The molecule has 2 N–H and O–H groups in total. The topological polar surface area (TPSA) is 26.0 Å². The quantitative estimate of drug-likeness (QED) is 0.617. The first-order chi connectivity index (χ1) is 8.27. The van der Waals surface area contributed by atoms with Crippen LogP contribution < -0.4 is 5.73 Å². The van der Waals surface area contributed by atoms with E-state index < -0.39 is 0 Å². The van der Waals surface area contributed by atoms with Crippen LogP contribution in [-0.2, 0) is 0 Å². The van der Waals surface area contributed by atoms with Crippen molar-refractivity contribution in [3.8, 4) is 0 Å². The number of hydrogen-bond acceptors (Lipinski definition) is 1.